The molecule has 0 amide bonds. The molecule has 0 aliphatic carbocycles. The Balaban J connectivity index is 2.77. The van der Waals surface area contributed by atoms with Crippen molar-refractivity contribution in [2.75, 3.05) is 0 Å². The highest BCUT2D eigenvalue weighted by Crippen LogP contribution is 2.41. The SMILES string of the molecule is CCCCCCCCCCc1c(O)c(O)c(I)c(CCCCCCCCCC)c1CCCCCCCCCC. The Morgan fingerprint density at radius 3 is 1.00 bits per heavy atom. The van der Waals surface area contributed by atoms with Gasteiger partial charge in [-0.2, -0.15) is 0 Å². The summed E-state index contributed by atoms with van der Waals surface area (Å²) in [6.45, 7) is 6.84. The summed E-state index contributed by atoms with van der Waals surface area (Å²) in [4.78, 5) is 0. The molecule has 0 heterocycles. The fraction of sp³-hybridized carbons (Fsp3) is 0.833. The zero-order valence-electron chi connectivity index (χ0n) is 26.4. The molecule has 1 rings (SSSR count). The second-order valence-corrected chi connectivity index (χ2v) is 13.2. The van der Waals surface area contributed by atoms with E-state index in [4.69, 9.17) is 0 Å². The lowest BCUT2D eigenvalue weighted by molar-refractivity contribution is 0.393. The number of halogens is 1. The Morgan fingerprint density at radius 2 is 0.641 bits per heavy atom. The smallest absolute Gasteiger partial charge is 0.171 e. The lowest BCUT2D eigenvalue weighted by Gasteiger charge is -2.20. The van der Waals surface area contributed by atoms with E-state index < -0.39 is 0 Å². The number of phenols is 2. The fourth-order valence-electron chi connectivity index (χ4n) is 5.99. The van der Waals surface area contributed by atoms with E-state index in [2.05, 4.69) is 43.4 Å². The second-order valence-electron chi connectivity index (χ2n) is 12.1. The summed E-state index contributed by atoms with van der Waals surface area (Å²) in [6.07, 6.45) is 34.5. The van der Waals surface area contributed by atoms with Crippen molar-refractivity contribution in [2.24, 2.45) is 0 Å². The van der Waals surface area contributed by atoms with Gasteiger partial charge in [-0.15, -0.1) is 0 Å². The normalized spacial score (nSPS) is 11.5. The number of benzene rings is 1. The monoisotopic (exact) mass is 656 g/mol. The number of aromatic hydroxyl groups is 2. The molecular formula is C36H65IO2. The molecule has 0 radical (unpaired) electrons. The standard InChI is InChI=1S/C36H65IO2/c1-4-7-10-13-16-19-22-25-28-31-32(29-26-23-20-17-14-11-8-5-2)34(37)36(39)35(38)33(31)30-27-24-21-18-15-12-9-6-3/h38-39H,4-30H2,1-3H3. The van der Waals surface area contributed by atoms with Crippen molar-refractivity contribution in [3.63, 3.8) is 0 Å². The molecule has 0 bridgehead atoms. The Bertz CT molecular complexity index is 667. The predicted octanol–water partition coefficient (Wildman–Crippen LogP) is 12.8. The van der Waals surface area contributed by atoms with Gasteiger partial charge in [0.05, 0.1) is 3.57 Å². The first-order chi connectivity index (χ1) is 19.1. The minimum atomic E-state index is 0.138. The average molecular weight is 657 g/mol. The Kier molecular flexibility index (Phi) is 23.7. The molecule has 0 aromatic heterocycles. The summed E-state index contributed by atoms with van der Waals surface area (Å²) in [6, 6.07) is 0. The molecule has 1 aromatic rings. The van der Waals surface area contributed by atoms with Crippen molar-refractivity contribution in [1.82, 2.24) is 0 Å². The third-order valence-corrected chi connectivity index (χ3v) is 9.71. The lowest BCUT2D eigenvalue weighted by Crippen LogP contribution is -2.06. The van der Waals surface area contributed by atoms with Crippen molar-refractivity contribution < 1.29 is 10.2 Å². The first-order valence-electron chi connectivity index (χ1n) is 17.3. The molecule has 0 atom stereocenters. The van der Waals surface area contributed by atoms with Crippen LogP contribution in [0.4, 0.5) is 0 Å². The molecule has 228 valence electrons. The van der Waals surface area contributed by atoms with Crippen molar-refractivity contribution in [3.05, 3.63) is 20.3 Å². The van der Waals surface area contributed by atoms with E-state index in [-0.39, 0.29) is 11.5 Å². The first-order valence-corrected chi connectivity index (χ1v) is 18.4. The van der Waals surface area contributed by atoms with Crippen molar-refractivity contribution in [1.29, 1.82) is 0 Å². The van der Waals surface area contributed by atoms with Crippen LogP contribution in [0.3, 0.4) is 0 Å². The number of hydrogen-bond donors (Lipinski definition) is 2. The Hall–Kier alpha value is -0.450. The van der Waals surface area contributed by atoms with Crippen molar-refractivity contribution >= 4 is 22.6 Å². The van der Waals surface area contributed by atoms with Crippen LogP contribution in [0, 0.1) is 3.57 Å². The lowest BCUT2D eigenvalue weighted by atomic mass is 9.89. The highest BCUT2D eigenvalue weighted by atomic mass is 127. The maximum atomic E-state index is 11.1. The van der Waals surface area contributed by atoms with Gasteiger partial charge >= 0.3 is 0 Å². The van der Waals surface area contributed by atoms with Crippen LogP contribution in [0.25, 0.3) is 0 Å². The summed E-state index contributed by atoms with van der Waals surface area (Å²) in [7, 11) is 0. The summed E-state index contributed by atoms with van der Waals surface area (Å²) >= 11 is 2.30. The maximum absolute atomic E-state index is 11.1. The van der Waals surface area contributed by atoms with Crippen molar-refractivity contribution in [3.8, 4) is 11.5 Å². The fourth-order valence-corrected chi connectivity index (χ4v) is 6.84. The zero-order chi connectivity index (χ0) is 28.6. The first kappa shape index (κ1) is 36.6. The predicted molar refractivity (Wildman–Crippen MR) is 181 cm³/mol. The molecule has 2 nitrogen and oxygen atoms in total. The molecule has 0 saturated heterocycles. The quantitative estimate of drug-likeness (QED) is 0.0562. The minimum absolute atomic E-state index is 0.138. The van der Waals surface area contributed by atoms with E-state index in [9.17, 15) is 10.2 Å². The minimum Gasteiger partial charge on any atom is -0.504 e. The topological polar surface area (TPSA) is 40.5 Å². The zero-order valence-corrected chi connectivity index (χ0v) is 28.5. The average Bonchev–Trinajstić information content (AvgIpc) is 2.94. The van der Waals surface area contributed by atoms with Gasteiger partial charge in [-0.3, -0.25) is 0 Å². The molecule has 39 heavy (non-hydrogen) atoms. The largest absolute Gasteiger partial charge is 0.504 e. The van der Waals surface area contributed by atoms with Gasteiger partial charge in [0, 0.05) is 5.56 Å². The van der Waals surface area contributed by atoms with Gasteiger partial charge in [-0.05, 0) is 72.2 Å². The highest BCUT2D eigenvalue weighted by Gasteiger charge is 2.21. The molecule has 0 aliphatic rings. The van der Waals surface area contributed by atoms with Crippen LogP contribution in [-0.2, 0) is 19.3 Å². The van der Waals surface area contributed by atoms with Gasteiger partial charge in [-0.1, -0.05) is 156 Å². The van der Waals surface area contributed by atoms with Gasteiger partial charge in [0.25, 0.3) is 0 Å². The Morgan fingerprint density at radius 1 is 0.359 bits per heavy atom. The van der Waals surface area contributed by atoms with Crippen LogP contribution in [0.2, 0.25) is 0 Å². The van der Waals surface area contributed by atoms with E-state index in [1.54, 1.807) is 0 Å². The molecule has 0 unspecified atom stereocenters. The molecule has 0 fully saturated rings. The summed E-state index contributed by atoms with van der Waals surface area (Å²) in [5.74, 6) is 0.316. The third-order valence-electron chi connectivity index (χ3n) is 8.55. The number of unbranched alkanes of at least 4 members (excludes halogenated alkanes) is 21. The van der Waals surface area contributed by atoms with E-state index in [1.807, 2.05) is 0 Å². The molecule has 2 N–H and O–H groups in total. The summed E-state index contributed by atoms with van der Waals surface area (Å²) in [5, 5.41) is 22.0. The second kappa shape index (κ2) is 25.3. The Labute approximate surface area is 257 Å². The van der Waals surface area contributed by atoms with Gasteiger partial charge < -0.3 is 10.2 Å². The van der Waals surface area contributed by atoms with E-state index >= 15 is 0 Å². The van der Waals surface area contributed by atoms with E-state index in [1.165, 1.54) is 159 Å². The van der Waals surface area contributed by atoms with Crippen LogP contribution in [0.15, 0.2) is 0 Å². The molecular weight excluding hydrogens is 591 g/mol. The van der Waals surface area contributed by atoms with E-state index in [0.29, 0.717) is 0 Å². The van der Waals surface area contributed by atoms with Crippen LogP contribution in [0.5, 0.6) is 11.5 Å². The molecule has 3 heteroatoms. The van der Waals surface area contributed by atoms with Gasteiger partial charge in [0.2, 0.25) is 0 Å². The van der Waals surface area contributed by atoms with E-state index in [0.717, 1.165) is 34.8 Å². The van der Waals surface area contributed by atoms with Crippen LogP contribution in [0.1, 0.15) is 192 Å². The number of hydrogen-bond acceptors (Lipinski definition) is 2. The molecule has 0 spiro atoms. The van der Waals surface area contributed by atoms with Crippen LogP contribution >= 0.6 is 22.6 Å². The molecule has 1 aromatic carbocycles. The number of rotatable bonds is 27. The van der Waals surface area contributed by atoms with Gasteiger partial charge in [-0.25, -0.2) is 0 Å². The highest BCUT2D eigenvalue weighted by molar-refractivity contribution is 14.1. The third kappa shape index (κ3) is 16.5. The van der Waals surface area contributed by atoms with Gasteiger partial charge in [0.15, 0.2) is 11.5 Å². The van der Waals surface area contributed by atoms with Crippen LogP contribution in [-0.4, -0.2) is 10.2 Å². The maximum Gasteiger partial charge on any atom is 0.171 e. The number of phenolic OH excluding ortho intramolecular Hbond substituents is 2. The molecule has 0 saturated carbocycles. The molecule has 0 aliphatic heterocycles. The summed E-state index contributed by atoms with van der Waals surface area (Å²) < 4.78 is 0.905. The van der Waals surface area contributed by atoms with Crippen LogP contribution < -0.4 is 0 Å². The van der Waals surface area contributed by atoms with Gasteiger partial charge in [0.1, 0.15) is 0 Å². The van der Waals surface area contributed by atoms with Crippen molar-refractivity contribution in [2.45, 2.75) is 194 Å². The summed E-state index contributed by atoms with van der Waals surface area (Å²) in [5.41, 5.74) is 3.79.